The zero-order valence-electron chi connectivity index (χ0n) is 26.6. The van der Waals surface area contributed by atoms with Crippen LogP contribution in [0.2, 0.25) is 0 Å². The van der Waals surface area contributed by atoms with Crippen molar-refractivity contribution in [3.8, 4) is 0 Å². The summed E-state index contributed by atoms with van der Waals surface area (Å²) in [6.45, 7) is 4.02. The largest absolute Gasteiger partial charge is 0.480 e. The van der Waals surface area contributed by atoms with Crippen LogP contribution in [0, 0.1) is 0 Å². The molecule has 1 unspecified atom stereocenters. The van der Waals surface area contributed by atoms with Crippen LogP contribution in [0.3, 0.4) is 0 Å². The Morgan fingerprint density at radius 1 is 0.667 bits per heavy atom. The van der Waals surface area contributed by atoms with Crippen molar-refractivity contribution in [3.63, 3.8) is 0 Å². The van der Waals surface area contributed by atoms with E-state index in [0.717, 1.165) is 89.9 Å². The fourth-order valence-corrected chi connectivity index (χ4v) is 4.24. The molecule has 6 nitrogen and oxygen atoms in total. The normalized spacial score (nSPS) is 12.8. The van der Waals surface area contributed by atoms with E-state index in [-0.39, 0.29) is 24.5 Å². The van der Waals surface area contributed by atoms with Gasteiger partial charge in [0, 0.05) is 12.8 Å². The van der Waals surface area contributed by atoms with E-state index in [2.05, 4.69) is 73.8 Å². The lowest BCUT2D eigenvalue weighted by Gasteiger charge is -2.14. The number of carbonyl (C=O) groups excluding carboxylic acids is 2. The molecule has 0 bridgehead atoms. The first kappa shape index (κ1) is 39.1. The molecule has 0 aliphatic rings. The maximum absolute atomic E-state index is 12.5. The fraction of sp³-hybridized carbons (Fsp3) is 0.639. The van der Waals surface area contributed by atoms with Crippen molar-refractivity contribution in [2.24, 2.45) is 0 Å². The Labute approximate surface area is 256 Å². The monoisotopic (exact) mass is 585 g/mol. The summed E-state index contributed by atoms with van der Waals surface area (Å²) in [7, 11) is 0. The molecule has 2 N–H and O–H groups in total. The molecule has 1 atom stereocenters. The van der Waals surface area contributed by atoms with Crippen LogP contribution >= 0.6 is 0 Å². The number of nitrogens with one attached hydrogen (secondary N) is 1. The first-order valence-corrected chi connectivity index (χ1v) is 16.4. The van der Waals surface area contributed by atoms with Crippen molar-refractivity contribution in [3.05, 3.63) is 60.8 Å². The first-order chi connectivity index (χ1) is 20.5. The summed E-state index contributed by atoms with van der Waals surface area (Å²) in [5.41, 5.74) is 0. The molecule has 0 aliphatic carbocycles. The summed E-state index contributed by atoms with van der Waals surface area (Å²) in [5.74, 6) is -1.40. The quantitative estimate of drug-likeness (QED) is 0.0542. The Hall–Kier alpha value is -2.89. The lowest BCUT2D eigenvalue weighted by Crippen LogP contribution is -2.28. The standard InChI is InChI=1S/C36H59NO5/c1-3-5-7-9-11-13-14-15-16-17-19-21-27-31-36(41)42-33(28-24-20-18-12-10-8-6-4-2)29-25-22-23-26-30-34(38)37-32-35(39)40/h5,7,11-13,15-16,18,24,28,33H,3-4,6,8-10,14,17,19-23,25-27,29-32H2,1-2H3,(H,37,38)(H,39,40)/b7-5-,13-11-,16-15-,18-12-,28-24-. The molecule has 0 rings (SSSR count). The van der Waals surface area contributed by atoms with Crippen molar-refractivity contribution >= 4 is 17.8 Å². The van der Waals surface area contributed by atoms with Gasteiger partial charge in [0.05, 0.1) is 0 Å². The second-order valence-corrected chi connectivity index (χ2v) is 10.7. The van der Waals surface area contributed by atoms with Crippen molar-refractivity contribution < 1.29 is 24.2 Å². The number of carbonyl (C=O) groups is 3. The molecule has 1 amide bonds. The van der Waals surface area contributed by atoms with Crippen LogP contribution in [-0.4, -0.2) is 35.6 Å². The van der Waals surface area contributed by atoms with Gasteiger partial charge >= 0.3 is 11.9 Å². The Kier molecular flexibility index (Phi) is 28.9. The number of unbranched alkanes of at least 4 members (excludes halogenated alkanes) is 9. The molecule has 238 valence electrons. The van der Waals surface area contributed by atoms with Crippen LogP contribution in [0.25, 0.3) is 0 Å². The molecule has 0 heterocycles. The van der Waals surface area contributed by atoms with E-state index < -0.39 is 5.97 Å². The zero-order valence-corrected chi connectivity index (χ0v) is 26.6. The van der Waals surface area contributed by atoms with Gasteiger partial charge in [-0.2, -0.15) is 0 Å². The van der Waals surface area contributed by atoms with Crippen LogP contribution in [0.5, 0.6) is 0 Å². The molecule has 0 saturated heterocycles. The second kappa shape index (κ2) is 31.1. The van der Waals surface area contributed by atoms with Gasteiger partial charge in [-0.3, -0.25) is 14.4 Å². The minimum Gasteiger partial charge on any atom is -0.480 e. The highest BCUT2D eigenvalue weighted by Gasteiger charge is 2.11. The van der Waals surface area contributed by atoms with E-state index in [0.29, 0.717) is 12.8 Å². The molecule has 0 aromatic heterocycles. The molecule has 0 radical (unpaired) electrons. The van der Waals surface area contributed by atoms with Gasteiger partial charge < -0.3 is 15.2 Å². The Balaban J connectivity index is 4.33. The summed E-state index contributed by atoms with van der Waals surface area (Å²) in [6, 6.07) is 0. The molecule has 42 heavy (non-hydrogen) atoms. The van der Waals surface area contributed by atoms with Gasteiger partial charge in [-0.1, -0.05) is 101 Å². The molecular formula is C36H59NO5. The highest BCUT2D eigenvalue weighted by molar-refractivity contribution is 5.80. The average molecular weight is 586 g/mol. The summed E-state index contributed by atoms with van der Waals surface area (Å²) in [5, 5.41) is 11.0. The van der Waals surface area contributed by atoms with Gasteiger partial charge in [-0.05, 0) is 83.1 Å². The number of hydrogen-bond donors (Lipinski definition) is 2. The number of carboxylic acids is 1. The first-order valence-electron chi connectivity index (χ1n) is 16.4. The molecule has 0 aromatic rings. The van der Waals surface area contributed by atoms with Crippen LogP contribution in [0.4, 0.5) is 0 Å². The fourth-order valence-electron chi connectivity index (χ4n) is 4.24. The minimum atomic E-state index is -1.04. The van der Waals surface area contributed by atoms with Crippen molar-refractivity contribution in [1.82, 2.24) is 5.32 Å². The Morgan fingerprint density at radius 2 is 1.24 bits per heavy atom. The van der Waals surface area contributed by atoms with E-state index in [4.69, 9.17) is 9.84 Å². The van der Waals surface area contributed by atoms with Crippen molar-refractivity contribution in [2.75, 3.05) is 6.54 Å². The number of aliphatic carboxylic acids is 1. The topological polar surface area (TPSA) is 92.7 Å². The lowest BCUT2D eigenvalue weighted by molar-refractivity contribution is -0.147. The van der Waals surface area contributed by atoms with Crippen LogP contribution in [-0.2, 0) is 19.1 Å². The molecule has 6 heteroatoms. The van der Waals surface area contributed by atoms with Gasteiger partial charge in [-0.15, -0.1) is 0 Å². The molecule has 0 aliphatic heterocycles. The van der Waals surface area contributed by atoms with E-state index in [1.807, 2.05) is 6.08 Å². The molecule has 0 saturated carbocycles. The summed E-state index contributed by atoms with van der Waals surface area (Å²) < 4.78 is 5.82. The van der Waals surface area contributed by atoms with Gasteiger partial charge in [-0.25, -0.2) is 0 Å². The van der Waals surface area contributed by atoms with E-state index >= 15 is 0 Å². The maximum atomic E-state index is 12.5. The zero-order chi connectivity index (χ0) is 30.9. The molecular weight excluding hydrogens is 526 g/mol. The third kappa shape index (κ3) is 30.1. The number of esters is 1. The second-order valence-electron chi connectivity index (χ2n) is 10.7. The SMILES string of the molecule is CC/C=C\C/C=C\C/C=C\CCCCCC(=O)OC(/C=C\C/C=C\CCCCC)CCCCCCC(=O)NCC(=O)O. The van der Waals surface area contributed by atoms with Gasteiger partial charge in [0.1, 0.15) is 12.6 Å². The van der Waals surface area contributed by atoms with Crippen LogP contribution in [0.15, 0.2) is 60.8 Å². The minimum absolute atomic E-state index is 0.132. The average Bonchev–Trinajstić information content (AvgIpc) is 2.97. The number of allylic oxidation sites excluding steroid dienone is 9. The third-order valence-corrected chi connectivity index (χ3v) is 6.66. The summed E-state index contributed by atoms with van der Waals surface area (Å²) in [6.07, 6.45) is 39.2. The van der Waals surface area contributed by atoms with Crippen molar-refractivity contribution in [1.29, 1.82) is 0 Å². The van der Waals surface area contributed by atoms with E-state index in [1.54, 1.807) is 0 Å². The number of carboxylic acid groups (broad SMARTS) is 1. The van der Waals surface area contributed by atoms with Gasteiger partial charge in [0.2, 0.25) is 5.91 Å². The highest BCUT2D eigenvalue weighted by atomic mass is 16.5. The third-order valence-electron chi connectivity index (χ3n) is 6.66. The number of amides is 1. The van der Waals surface area contributed by atoms with E-state index in [1.165, 1.54) is 19.3 Å². The maximum Gasteiger partial charge on any atom is 0.322 e. The van der Waals surface area contributed by atoms with E-state index in [9.17, 15) is 14.4 Å². The van der Waals surface area contributed by atoms with Crippen LogP contribution in [0.1, 0.15) is 136 Å². The Bertz CT molecular complexity index is 825. The molecule has 0 spiro atoms. The van der Waals surface area contributed by atoms with Gasteiger partial charge in [0.25, 0.3) is 0 Å². The Morgan fingerprint density at radius 3 is 1.90 bits per heavy atom. The predicted molar refractivity (Wildman–Crippen MR) is 175 cm³/mol. The number of rotatable bonds is 28. The van der Waals surface area contributed by atoms with Crippen molar-refractivity contribution in [2.45, 2.75) is 142 Å². The summed E-state index contributed by atoms with van der Waals surface area (Å²) >= 11 is 0. The molecule has 0 fully saturated rings. The van der Waals surface area contributed by atoms with Gasteiger partial charge in [0.15, 0.2) is 0 Å². The van der Waals surface area contributed by atoms with Crippen LogP contribution < -0.4 is 5.32 Å². The smallest absolute Gasteiger partial charge is 0.322 e. The number of ether oxygens (including phenoxy) is 1. The summed E-state index contributed by atoms with van der Waals surface area (Å²) in [4.78, 5) is 34.7. The number of hydrogen-bond acceptors (Lipinski definition) is 4. The lowest BCUT2D eigenvalue weighted by atomic mass is 10.1. The highest BCUT2D eigenvalue weighted by Crippen LogP contribution is 2.14. The predicted octanol–water partition coefficient (Wildman–Crippen LogP) is 9.33. The molecule has 0 aromatic carbocycles.